The number of nitrogens with zero attached hydrogens (tertiary/aromatic N) is 2. The lowest BCUT2D eigenvalue weighted by molar-refractivity contribution is -0.0334. The predicted molar refractivity (Wildman–Crippen MR) is 114 cm³/mol. The molecule has 3 atom stereocenters. The number of nitrogens with one attached hydrogen (secondary N) is 2. The summed E-state index contributed by atoms with van der Waals surface area (Å²) in [6, 6.07) is 4.74. The molecule has 3 rings (SSSR count). The van der Waals surface area contributed by atoms with E-state index < -0.39 is 0 Å². The second-order valence-electron chi connectivity index (χ2n) is 7.42. The Kier molecular flexibility index (Phi) is 7.26. The van der Waals surface area contributed by atoms with Gasteiger partial charge in [-0.25, -0.2) is 0 Å². The average molecular weight is 397 g/mol. The van der Waals surface area contributed by atoms with Gasteiger partial charge in [0.1, 0.15) is 0 Å². The van der Waals surface area contributed by atoms with Gasteiger partial charge in [-0.3, -0.25) is 9.89 Å². The first-order valence-corrected chi connectivity index (χ1v) is 11.4. The van der Waals surface area contributed by atoms with Crippen molar-refractivity contribution in [1.29, 1.82) is 0 Å². The molecule has 1 aromatic heterocycles. The topological polar surface area (TPSA) is 48.9 Å². The highest BCUT2D eigenvalue weighted by Gasteiger charge is 2.30. The molecule has 146 valence electrons. The summed E-state index contributed by atoms with van der Waals surface area (Å²) < 4.78 is 6.07. The van der Waals surface area contributed by atoms with Gasteiger partial charge in [-0.2, -0.15) is 11.8 Å². The van der Waals surface area contributed by atoms with Crippen molar-refractivity contribution in [1.82, 2.24) is 15.5 Å². The van der Waals surface area contributed by atoms with Crippen LogP contribution in [0.25, 0.3) is 0 Å². The van der Waals surface area contributed by atoms with E-state index in [4.69, 9.17) is 4.74 Å². The summed E-state index contributed by atoms with van der Waals surface area (Å²) in [6.07, 6.45) is 2.90. The van der Waals surface area contributed by atoms with Crippen LogP contribution in [0.4, 0.5) is 0 Å². The second-order valence-corrected chi connectivity index (χ2v) is 10.1. The van der Waals surface area contributed by atoms with Crippen LogP contribution in [-0.4, -0.2) is 67.3 Å². The molecule has 0 aliphatic carbocycles. The maximum Gasteiger partial charge on any atom is 0.191 e. The van der Waals surface area contributed by atoms with Crippen LogP contribution in [0.2, 0.25) is 0 Å². The van der Waals surface area contributed by atoms with E-state index in [1.54, 1.807) is 0 Å². The van der Waals surface area contributed by atoms with Crippen molar-refractivity contribution in [2.24, 2.45) is 4.99 Å². The second kappa shape index (κ2) is 9.44. The molecule has 1 aromatic rings. The van der Waals surface area contributed by atoms with Crippen LogP contribution in [0.1, 0.15) is 37.6 Å². The van der Waals surface area contributed by atoms with Gasteiger partial charge in [0, 0.05) is 42.9 Å². The monoisotopic (exact) mass is 396 g/mol. The lowest BCUT2D eigenvalue weighted by atomic mass is 10.1. The highest BCUT2D eigenvalue weighted by Crippen LogP contribution is 2.36. The molecule has 2 aliphatic heterocycles. The van der Waals surface area contributed by atoms with Gasteiger partial charge in [-0.15, -0.1) is 11.3 Å². The molecule has 0 radical (unpaired) electrons. The molecule has 0 saturated carbocycles. The zero-order chi connectivity index (χ0) is 18.4. The summed E-state index contributed by atoms with van der Waals surface area (Å²) in [5.74, 6) is 2.18. The maximum absolute atomic E-state index is 5.73. The minimum Gasteiger partial charge on any atom is -0.376 e. The Morgan fingerprint density at radius 3 is 3.04 bits per heavy atom. The highest BCUT2D eigenvalue weighted by molar-refractivity contribution is 8.00. The lowest BCUT2D eigenvalue weighted by Gasteiger charge is -2.37. The van der Waals surface area contributed by atoms with Crippen molar-refractivity contribution in [2.75, 3.05) is 45.6 Å². The van der Waals surface area contributed by atoms with E-state index >= 15 is 0 Å². The number of ether oxygens (including phenoxy) is 1. The van der Waals surface area contributed by atoms with Gasteiger partial charge in [-0.05, 0) is 43.9 Å². The first-order valence-electron chi connectivity index (χ1n) is 9.57. The van der Waals surface area contributed by atoms with Gasteiger partial charge in [0.15, 0.2) is 5.96 Å². The van der Waals surface area contributed by atoms with Crippen LogP contribution in [0.15, 0.2) is 22.5 Å². The fraction of sp³-hybridized carbons (Fsp3) is 0.737. The Hall–Kier alpha value is -0.760. The molecule has 7 heteroatoms. The van der Waals surface area contributed by atoms with Crippen LogP contribution in [0.5, 0.6) is 0 Å². The van der Waals surface area contributed by atoms with Crippen molar-refractivity contribution in [3.8, 4) is 0 Å². The summed E-state index contributed by atoms with van der Waals surface area (Å²) in [7, 11) is 1.86. The number of aliphatic imine (C=N–C) groups is 1. The Morgan fingerprint density at radius 2 is 2.38 bits per heavy atom. The first-order chi connectivity index (χ1) is 12.6. The molecule has 2 saturated heterocycles. The molecule has 2 aliphatic rings. The normalized spacial score (nSPS) is 28.9. The van der Waals surface area contributed by atoms with E-state index in [1.807, 2.05) is 18.4 Å². The van der Waals surface area contributed by atoms with E-state index in [0.717, 1.165) is 38.7 Å². The van der Waals surface area contributed by atoms with Crippen LogP contribution in [-0.2, 0) is 4.74 Å². The van der Waals surface area contributed by atoms with Gasteiger partial charge < -0.3 is 15.4 Å². The third-order valence-electron chi connectivity index (χ3n) is 5.20. The molecular formula is C19H32N4OS2. The first kappa shape index (κ1) is 20.0. The fourth-order valence-corrected chi connectivity index (χ4v) is 5.79. The van der Waals surface area contributed by atoms with E-state index in [-0.39, 0.29) is 0 Å². The number of hydrogen-bond acceptors (Lipinski definition) is 5. The molecule has 2 N–H and O–H groups in total. The van der Waals surface area contributed by atoms with Crippen LogP contribution >= 0.6 is 23.1 Å². The van der Waals surface area contributed by atoms with Crippen molar-refractivity contribution in [2.45, 2.75) is 43.6 Å². The van der Waals surface area contributed by atoms with Gasteiger partial charge in [0.2, 0.25) is 0 Å². The Labute approximate surface area is 166 Å². The van der Waals surface area contributed by atoms with E-state index in [1.165, 1.54) is 23.5 Å². The van der Waals surface area contributed by atoms with Gasteiger partial charge in [-0.1, -0.05) is 6.07 Å². The average Bonchev–Trinajstić information content (AvgIpc) is 3.30. The van der Waals surface area contributed by atoms with E-state index in [9.17, 15) is 0 Å². The van der Waals surface area contributed by atoms with Crippen molar-refractivity contribution in [3.05, 3.63) is 22.4 Å². The maximum atomic E-state index is 5.73. The molecule has 0 bridgehead atoms. The van der Waals surface area contributed by atoms with Gasteiger partial charge in [0.05, 0.1) is 18.8 Å². The zero-order valence-electron chi connectivity index (χ0n) is 16.2. The summed E-state index contributed by atoms with van der Waals surface area (Å²) in [5.41, 5.74) is 0. The minimum atomic E-state index is 0.294. The minimum absolute atomic E-state index is 0.294. The molecule has 0 amide bonds. The standard InChI is InChI=1S/C19H32N4OS2/c1-15-13-23(8-9-24-15)16(17-6-4-10-25-17)12-21-18(20-3)22-14-19(2)7-5-11-26-19/h4,6,10,15-16H,5,7-9,11-14H2,1-3H3,(H2,20,21,22). The van der Waals surface area contributed by atoms with Gasteiger partial charge >= 0.3 is 0 Å². The molecule has 5 nitrogen and oxygen atoms in total. The zero-order valence-corrected chi connectivity index (χ0v) is 17.8. The summed E-state index contributed by atoms with van der Waals surface area (Å²) in [5, 5.41) is 9.27. The van der Waals surface area contributed by atoms with Crippen LogP contribution in [0.3, 0.4) is 0 Å². The Morgan fingerprint density at radius 1 is 1.50 bits per heavy atom. The third-order valence-corrected chi connectivity index (χ3v) is 7.71. The largest absolute Gasteiger partial charge is 0.376 e. The molecule has 0 aromatic carbocycles. The van der Waals surface area contributed by atoms with Crippen molar-refractivity contribution in [3.63, 3.8) is 0 Å². The summed E-state index contributed by atoms with van der Waals surface area (Å²) in [6.45, 7) is 9.11. The highest BCUT2D eigenvalue weighted by atomic mass is 32.2. The van der Waals surface area contributed by atoms with Crippen LogP contribution in [0, 0.1) is 0 Å². The molecule has 26 heavy (non-hydrogen) atoms. The SMILES string of the molecule is CN=C(NCC(c1cccs1)N1CCOC(C)C1)NCC1(C)CCCS1. The Balaban J connectivity index is 1.57. The third kappa shape index (κ3) is 5.38. The van der Waals surface area contributed by atoms with Crippen molar-refractivity contribution < 1.29 is 4.74 Å². The molecular weight excluding hydrogens is 364 g/mol. The Bertz CT molecular complexity index is 572. The summed E-state index contributed by atoms with van der Waals surface area (Å²) in [4.78, 5) is 8.38. The number of hydrogen-bond donors (Lipinski definition) is 2. The number of thioether (sulfide) groups is 1. The molecule has 3 heterocycles. The molecule has 3 unspecified atom stereocenters. The quantitative estimate of drug-likeness (QED) is 0.572. The fourth-order valence-electron chi connectivity index (χ4n) is 3.68. The van der Waals surface area contributed by atoms with Crippen molar-refractivity contribution >= 4 is 29.1 Å². The van der Waals surface area contributed by atoms with E-state index in [2.05, 4.69) is 63.6 Å². The smallest absolute Gasteiger partial charge is 0.191 e. The number of morpholine rings is 1. The summed E-state index contributed by atoms with van der Waals surface area (Å²) >= 11 is 3.91. The number of thiophene rings is 1. The lowest BCUT2D eigenvalue weighted by Crippen LogP contribution is -2.49. The van der Waals surface area contributed by atoms with E-state index in [0.29, 0.717) is 16.9 Å². The molecule has 2 fully saturated rings. The molecule has 0 spiro atoms. The number of guanidine groups is 1. The predicted octanol–water partition coefficient (Wildman–Crippen LogP) is 2.96. The van der Waals surface area contributed by atoms with Gasteiger partial charge in [0.25, 0.3) is 0 Å². The number of rotatable bonds is 6. The van der Waals surface area contributed by atoms with Crippen LogP contribution < -0.4 is 10.6 Å².